The minimum absolute atomic E-state index is 0.185. The highest BCUT2D eigenvalue weighted by Gasteiger charge is 2.44. The van der Waals surface area contributed by atoms with Crippen LogP contribution in [0, 0.1) is 0 Å². The molecule has 1 atom stereocenters. The Hall–Kier alpha value is -2.66. The molecule has 3 rings (SSSR count). The standard InChI is InChI=1S/C18H18N2O3/c1-14-12-18(22,15-8-4-2-5-9-15)20(19-14)17(21)13-23-16-10-6-3-7-11-16/h2-11,22H,12-13H2,1H3/t18-/m0/s1. The Labute approximate surface area is 134 Å². The van der Waals surface area contributed by atoms with Gasteiger partial charge in [0.15, 0.2) is 12.3 Å². The van der Waals surface area contributed by atoms with Gasteiger partial charge in [0.2, 0.25) is 0 Å². The molecule has 1 aliphatic heterocycles. The number of nitrogens with zero attached hydrogens (tertiary/aromatic N) is 2. The Morgan fingerprint density at radius 2 is 1.78 bits per heavy atom. The molecule has 0 bridgehead atoms. The molecular weight excluding hydrogens is 292 g/mol. The number of hydrazone groups is 1. The Kier molecular flexibility index (Phi) is 4.12. The summed E-state index contributed by atoms with van der Waals surface area (Å²) in [6.45, 7) is 1.61. The van der Waals surface area contributed by atoms with Gasteiger partial charge in [-0.1, -0.05) is 48.5 Å². The van der Waals surface area contributed by atoms with E-state index in [4.69, 9.17) is 4.74 Å². The molecule has 118 valence electrons. The van der Waals surface area contributed by atoms with Crippen LogP contribution in [0.25, 0.3) is 0 Å². The van der Waals surface area contributed by atoms with E-state index in [1.807, 2.05) is 36.4 Å². The molecule has 1 N–H and O–H groups in total. The molecule has 2 aromatic carbocycles. The predicted molar refractivity (Wildman–Crippen MR) is 86.8 cm³/mol. The number of aliphatic hydroxyl groups is 1. The summed E-state index contributed by atoms with van der Waals surface area (Å²) < 4.78 is 5.47. The molecule has 0 aliphatic carbocycles. The third-order valence-electron chi connectivity index (χ3n) is 3.70. The summed E-state index contributed by atoms with van der Waals surface area (Å²) in [4.78, 5) is 12.5. The van der Waals surface area contributed by atoms with Crippen LogP contribution in [0.1, 0.15) is 18.9 Å². The smallest absolute Gasteiger partial charge is 0.283 e. The average molecular weight is 310 g/mol. The maximum absolute atomic E-state index is 12.5. The fourth-order valence-corrected chi connectivity index (χ4v) is 2.63. The topological polar surface area (TPSA) is 62.1 Å². The molecule has 1 heterocycles. The van der Waals surface area contributed by atoms with Crippen molar-refractivity contribution in [2.24, 2.45) is 5.10 Å². The summed E-state index contributed by atoms with van der Waals surface area (Å²) in [5.74, 6) is 0.209. The van der Waals surface area contributed by atoms with E-state index in [1.165, 1.54) is 0 Å². The first kappa shape index (κ1) is 15.2. The third-order valence-corrected chi connectivity index (χ3v) is 3.70. The lowest BCUT2D eigenvalue weighted by molar-refractivity contribution is -0.159. The molecule has 0 radical (unpaired) electrons. The van der Waals surface area contributed by atoms with Crippen LogP contribution in [0.2, 0.25) is 0 Å². The van der Waals surface area contributed by atoms with Crippen LogP contribution in [0.4, 0.5) is 0 Å². The minimum atomic E-state index is -1.46. The monoisotopic (exact) mass is 310 g/mol. The molecule has 0 aromatic heterocycles. The molecule has 1 aliphatic rings. The van der Waals surface area contributed by atoms with Gasteiger partial charge >= 0.3 is 0 Å². The molecule has 5 heteroatoms. The summed E-state index contributed by atoms with van der Waals surface area (Å²) in [5.41, 5.74) is -0.124. The summed E-state index contributed by atoms with van der Waals surface area (Å²) >= 11 is 0. The number of hydrogen-bond donors (Lipinski definition) is 1. The maximum Gasteiger partial charge on any atom is 0.283 e. The Morgan fingerprint density at radius 1 is 1.17 bits per heavy atom. The van der Waals surface area contributed by atoms with Crippen molar-refractivity contribution in [1.29, 1.82) is 0 Å². The Balaban J connectivity index is 1.77. The summed E-state index contributed by atoms with van der Waals surface area (Å²) in [7, 11) is 0. The summed E-state index contributed by atoms with van der Waals surface area (Å²) in [6, 6.07) is 18.2. The number of carbonyl (C=O) groups is 1. The highest BCUT2D eigenvalue weighted by molar-refractivity contribution is 5.89. The first-order valence-electron chi connectivity index (χ1n) is 7.42. The van der Waals surface area contributed by atoms with Gasteiger partial charge in [0.25, 0.3) is 5.91 Å². The van der Waals surface area contributed by atoms with E-state index in [9.17, 15) is 9.90 Å². The average Bonchev–Trinajstić information content (AvgIpc) is 2.90. The van der Waals surface area contributed by atoms with E-state index in [2.05, 4.69) is 5.10 Å². The zero-order valence-electron chi connectivity index (χ0n) is 12.8. The van der Waals surface area contributed by atoms with Gasteiger partial charge in [-0.15, -0.1) is 0 Å². The van der Waals surface area contributed by atoms with Crippen molar-refractivity contribution < 1.29 is 14.6 Å². The van der Waals surface area contributed by atoms with E-state index in [1.54, 1.807) is 31.2 Å². The fraction of sp³-hybridized carbons (Fsp3) is 0.222. The SMILES string of the molecule is CC1=NN(C(=O)COc2ccccc2)[C@@](O)(c2ccccc2)C1. The molecule has 0 fully saturated rings. The van der Waals surface area contributed by atoms with Crippen molar-refractivity contribution in [2.45, 2.75) is 19.1 Å². The molecule has 0 unspecified atom stereocenters. The lowest BCUT2D eigenvalue weighted by atomic mass is 9.98. The van der Waals surface area contributed by atoms with Gasteiger partial charge in [-0.05, 0) is 19.1 Å². The highest BCUT2D eigenvalue weighted by atomic mass is 16.5. The fourth-order valence-electron chi connectivity index (χ4n) is 2.63. The van der Waals surface area contributed by atoms with E-state index < -0.39 is 11.6 Å². The van der Waals surface area contributed by atoms with Gasteiger partial charge in [0.05, 0.1) is 0 Å². The van der Waals surface area contributed by atoms with Crippen LogP contribution in [-0.4, -0.2) is 28.3 Å². The van der Waals surface area contributed by atoms with Crippen molar-refractivity contribution in [3.8, 4) is 5.75 Å². The van der Waals surface area contributed by atoms with Gasteiger partial charge in [-0.3, -0.25) is 4.79 Å². The number of hydrogen-bond acceptors (Lipinski definition) is 4. The van der Waals surface area contributed by atoms with Crippen LogP contribution < -0.4 is 4.74 Å². The van der Waals surface area contributed by atoms with Crippen molar-refractivity contribution in [2.75, 3.05) is 6.61 Å². The quantitative estimate of drug-likeness (QED) is 0.944. The number of para-hydroxylation sites is 1. The normalized spacial score (nSPS) is 20.3. The van der Waals surface area contributed by atoms with Gasteiger partial charge in [-0.25, -0.2) is 0 Å². The molecular formula is C18H18N2O3. The molecule has 5 nitrogen and oxygen atoms in total. The summed E-state index contributed by atoms with van der Waals surface area (Å²) in [6.07, 6.45) is 0.286. The molecule has 2 aromatic rings. The lowest BCUT2D eigenvalue weighted by Gasteiger charge is -2.31. The maximum atomic E-state index is 12.5. The van der Waals surface area contributed by atoms with Gasteiger partial charge < -0.3 is 9.84 Å². The Morgan fingerprint density at radius 3 is 2.43 bits per heavy atom. The van der Waals surface area contributed by atoms with E-state index >= 15 is 0 Å². The van der Waals surface area contributed by atoms with Crippen LogP contribution in [0.3, 0.4) is 0 Å². The number of benzene rings is 2. The van der Waals surface area contributed by atoms with Gasteiger partial charge in [0.1, 0.15) is 5.75 Å². The molecule has 23 heavy (non-hydrogen) atoms. The van der Waals surface area contributed by atoms with Gasteiger partial charge in [0, 0.05) is 17.7 Å². The first-order valence-corrected chi connectivity index (χ1v) is 7.42. The largest absolute Gasteiger partial charge is 0.484 e. The molecule has 0 saturated carbocycles. The second-order valence-corrected chi connectivity index (χ2v) is 5.50. The molecule has 0 spiro atoms. The predicted octanol–water partition coefficient (Wildman–Crippen LogP) is 2.52. The van der Waals surface area contributed by atoms with E-state index in [0.717, 1.165) is 5.01 Å². The first-order chi connectivity index (χ1) is 11.1. The number of carbonyl (C=O) groups excluding carboxylic acids is 1. The van der Waals surface area contributed by atoms with Gasteiger partial charge in [-0.2, -0.15) is 10.1 Å². The van der Waals surface area contributed by atoms with Crippen LogP contribution >= 0.6 is 0 Å². The number of ether oxygens (including phenoxy) is 1. The third kappa shape index (κ3) is 3.10. The number of amides is 1. The van der Waals surface area contributed by atoms with Crippen LogP contribution in [0.5, 0.6) is 5.75 Å². The van der Waals surface area contributed by atoms with Crippen molar-refractivity contribution in [1.82, 2.24) is 5.01 Å². The van der Waals surface area contributed by atoms with Crippen molar-refractivity contribution in [3.63, 3.8) is 0 Å². The molecule has 1 amide bonds. The number of rotatable bonds is 4. The zero-order valence-corrected chi connectivity index (χ0v) is 12.8. The van der Waals surface area contributed by atoms with E-state index in [0.29, 0.717) is 17.0 Å². The highest BCUT2D eigenvalue weighted by Crippen LogP contribution is 2.35. The van der Waals surface area contributed by atoms with Crippen molar-refractivity contribution >= 4 is 11.6 Å². The zero-order chi connectivity index (χ0) is 16.3. The second kappa shape index (κ2) is 6.22. The summed E-state index contributed by atoms with van der Waals surface area (Å²) in [5, 5.41) is 16.3. The minimum Gasteiger partial charge on any atom is -0.484 e. The van der Waals surface area contributed by atoms with Crippen LogP contribution in [-0.2, 0) is 10.5 Å². The molecule has 0 saturated heterocycles. The lowest BCUT2D eigenvalue weighted by Crippen LogP contribution is -2.45. The van der Waals surface area contributed by atoms with Crippen LogP contribution in [0.15, 0.2) is 65.8 Å². The van der Waals surface area contributed by atoms with Crippen molar-refractivity contribution in [3.05, 3.63) is 66.2 Å². The van der Waals surface area contributed by atoms with E-state index in [-0.39, 0.29) is 13.0 Å². The Bertz CT molecular complexity index is 716. The second-order valence-electron chi connectivity index (χ2n) is 5.50.